The number of likely N-dealkylation sites (N-methyl/N-ethyl adjacent to an activating group) is 2. The number of rotatable bonds is 4. The van der Waals surface area contributed by atoms with Crippen LogP contribution in [0.5, 0.6) is 0 Å². The Morgan fingerprint density at radius 2 is 2.21 bits per heavy atom. The van der Waals surface area contributed by atoms with Crippen LogP contribution in [0.2, 0.25) is 0 Å². The van der Waals surface area contributed by atoms with E-state index in [0.29, 0.717) is 6.04 Å². The van der Waals surface area contributed by atoms with Gasteiger partial charge >= 0.3 is 0 Å². The maximum absolute atomic E-state index is 4.44. The number of pyridine rings is 1. The number of hydrogen-bond acceptors (Lipinski definition) is 4. The van der Waals surface area contributed by atoms with Gasteiger partial charge in [0.15, 0.2) is 0 Å². The maximum atomic E-state index is 4.44. The van der Waals surface area contributed by atoms with Gasteiger partial charge in [0.25, 0.3) is 0 Å². The highest BCUT2D eigenvalue weighted by atomic mass is 15.3. The molecular formula is C15H26N4. The Morgan fingerprint density at radius 3 is 2.84 bits per heavy atom. The molecule has 0 aliphatic carbocycles. The van der Waals surface area contributed by atoms with Crippen molar-refractivity contribution < 1.29 is 0 Å². The van der Waals surface area contributed by atoms with Gasteiger partial charge in [-0.1, -0.05) is 6.07 Å². The largest absolute Gasteiger partial charge is 0.318 e. The number of hydrogen-bond donors (Lipinski definition) is 1. The molecule has 1 aromatic heterocycles. The van der Waals surface area contributed by atoms with E-state index < -0.39 is 0 Å². The first kappa shape index (κ1) is 14.4. The lowest BCUT2D eigenvalue weighted by molar-refractivity contribution is -0.00908. The molecule has 2 rings (SSSR count). The smallest absolute Gasteiger partial charge is 0.0543 e. The van der Waals surface area contributed by atoms with Crippen molar-refractivity contribution in [3.05, 3.63) is 30.1 Å². The number of piperazine rings is 1. The summed E-state index contributed by atoms with van der Waals surface area (Å²) >= 11 is 0. The van der Waals surface area contributed by atoms with Gasteiger partial charge in [0.1, 0.15) is 0 Å². The SMILES string of the molecule is CNCC1CN(Cc2ccccn2)CC(C)(C)N1C. The third-order valence-electron chi connectivity index (χ3n) is 4.13. The summed E-state index contributed by atoms with van der Waals surface area (Å²) in [6.07, 6.45) is 1.88. The van der Waals surface area contributed by atoms with Crippen molar-refractivity contribution in [2.24, 2.45) is 0 Å². The fraction of sp³-hybridized carbons (Fsp3) is 0.667. The molecule has 2 heterocycles. The van der Waals surface area contributed by atoms with Crippen molar-refractivity contribution in [2.75, 3.05) is 33.7 Å². The van der Waals surface area contributed by atoms with Crippen molar-refractivity contribution in [2.45, 2.75) is 32.0 Å². The highest BCUT2D eigenvalue weighted by molar-refractivity contribution is 5.05. The third-order valence-corrected chi connectivity index (χ3v) is 4.13. The molecule has 1 saturated heterocycles. The molecule has 1 atom stereocenters. The van der Waals surface area contributed by atoms with Crippen LogP contribution in [0.15, 0.2) is 24.4 Å². The van der Waals surface area contributed by atoms with Crippen molar-refractivity contribution in [3.63, 3.8) is 0 Å². The van der Waals surface area contributed by atoms with E-state index in [0.717, 1.165) is 31.9 Å². The van der Waals surface area contributed by atoms with Crippen LogP contribution in [-0.4, -0.2) is 60.1 Å². The molecule has 4 nitrogen and oxygen atoms in total. The Bertz CT molecular complexity index is 390. The zero-order chi connectivity index (χ0) is 13.9. The highest BCUT2D eigenvalue weighted by Crippen LogP contribution is 2.24. The second kappa shape index (κ2) is 5.99. The average molecular weight is 262 g/mol. The molecule has 0 saturated carbocycles. The van der Waals surface area contributed by atoms with Crippen LogP contribution in [0.4, 0.5) is 0 Å². The summed E-state index contributed by atoms with van der Waals surface area (Å²) in [5, 5.41) is 3.31. The lowest BCUT2D eigenvalue weighted by Crippen LogP contribution is -2.64. The first-order valence-electron chi connectivity index (χ1n) is 7.03. The molecule has 0 aromatic carbocycles. The monoisotopic (exact) mass is 262 g/mol. The lowest BCUT2D eigenvalue weighted by atomic mass is 9.95. The van der Waals surface area contributed by atoms with Crippen molar-refractivity contribution in [1.29, 1.82) is 0 Å². The molecule has 1 aliphatic heterocycles. The first-order valence-corrected chi connectivity index (χ1v) is 7.03. The zero-order valence-electron chi connectivity index (χ0n) is 12.6. The molecule has 0 bridgehead atoms. The van der Waals surface area contributed by atoms with E-state index >= 15 is 0 Å². The predicted molar refractivity (Wildman–Crippen MR) is 79.1 cm³/mol. The topological polar surface area (TPSA) is 31.4 Å². The Balaban J connectivity index is 2.05. The summed E-state index contributed by atoms with van der Waals surface area (Å²) in [6, 6.07) is 6.70. The van der Waals surface area contributed by atoms with Gasteiger partial charge in [0.05, 0.1) is 5.69 Å². The van der Waals surface area contributed by atoms with Gasteiger partial charge in [-0.3, -0.25) is 14.8 Å². The normalized spacial score (nSPS) is 24.5. The summed E-state index contributed by atoms with van der Waals surface area (Å²) in [5.74, 6) is 0. The minimum Gasteiger partial charge on any atom is -0.318 e. The fourth-order valence-corrected chi connectivity index (χ4v) is 2.92. The van der Waals surface area contributed by atoms with E-state index in [4.69, 9.17) is 0 Å². The van der Waals surface area contributed by atoms with Crippen LogP contribution in [0.25, 0.3) is 0 Å². The summed E-state index contributed by atoms with van der Waals surface area (Å²) in [7, 11) is 4.26. The second-order valence-electron chi connectivity index (χ2n) is 6.13. The molecule has 1 aliphatic rings. The second-order valence-corrected chi connectivity index (χ2v) is 6.13. The molecule has 19 heavy (non-hydrogen) atoms. The van der Waals surface area contributed by atoms with Gasteiger partial charge in [0.2, 0.25) is 0 Å². The number of nitrogens with zero attached hydrogens (tertiary/aromatic N) is 3. The third kappa shape index (κ3) is 3.53. The maximum Gasteiger partial charge on any atom is 0.0543 e. The quantitative estimate of drug-likeness (QED) is 0.883. The molecule has 1 N–H and O–H groups in total. The predicted octanol–water partition coefficient (Wildman–Crippen LogP) is 1.20. The first-order chi connectivity index (χ1) is 9.03. The Kier molecular flexibility index (Phi) is 4.55. The minimum atomic E-state index is 0.203. The molecule has 1 unspecified atom stereocenters. The van der Waals surface area contributed by atoms with E-state index in [2.05, 4.69) is 53.1 Å². The van der Waals surface area contributed by atoms with Crippen molar-refractivity contribution in [1.82, 2.24) is 20.1 Å². The minimum absolute atomic E-state index is 0.203. The van der Waals surface area contributed by atoms with E-state index in [9.17, 15) is 0 Å². The van der Waals surface area contributed by atoms with Crippen LogP contribution in [0, 0.1) is 0 Å². The standard InChI is InChI=1S/C15H26N4/c1-15(2)12-19(10-13-7-5-6-8-17-13)11-14(9-16-3)18(15)4/h5-8,14,16H,9-12H2,1-4H3. The van der Waals surface area contributed by atoms with Crippen LogP contribution in [-0.2, 0) is 6.54 Å². The molecule has 0 radical (unpaired) electrons. The molecule has 0 spiro atoms. The fourth-order valence-electron chi connectivity index (χ4n) is 2.92. The average Bonchev–Trinajstić information content (AvgIpc) is 2.36. The van der Waals surface area contributed by atoms with Gasteiger partial charge in [-0.25, -0.2) is 0 Å². The van der Waals surface area contributed by atoms with Crippen LogP contribution >= 0.6 is 0 Å². The van der Waals surface area contributed by atoms with Gasteiger partial charge < -0.3 is 5.32 Å². The number of nitrogens with one attached hydrogen (secondary N) is 1. The van der Waals surface area contributed by atoms with Crippen molar-refractivity contribution >= 4 is 0 Å². The Hall–Kier alpha value is -0.970. The summed E-state index contributed by atoms with van der Waals surface area (Å²) in [6.45, 7) is 8.79. The number of aromatic nitrogens is 1. The van der Waals surface area contributed by atoms with Crippen molar-refractivity contribution in [3.8, 4) is 0 Å². The van der Waals surface area contributed by atoms with Gasteiger partial charge in [0, 0.05) is 44.0 Å². The van der Waals surface area contributed by atoms with Gasteiger partial charge in [-0.05, 0) is 40.1 Å². The highest BCUT2D eigenvalue weighted by Gasteiger charge is 2.36. The van der Waals surface area contributed by atoms with Crippen LogP contribution in [0.1, 0.15) is 19.5 Å². The van der Waals surface area contributed by atoms with Crippen LogP contribution < -0.4 is 5.32 Å². The van der Waals surface area contributed by atoms with Gasteiger partial charge in [-0.15, -0.1) is 0 Å². The molecule has 1 aromatic rings. The molecule has 1 fully saturated rings. The molecule has 4 heteroatoms. The van der Waals surface area contributed by atoms with E-state index in [1.165, 1.54) is 0 Å². The van der Waals surface area contributed by atoms with Crippen LogP contribution in [0.3, 0.4) is 0 Å². The summed E-state index contributed by atoms with van der Waals surface area (Å²) < 4.78 is 0. The lowest BCUT2D eigenvalue weighted by Gasteiger charge is -2.50. The Morgan fingerprint density at radius 1 is 1.42 bits per heavy atom. The summed E-state index contributed by atoms with van der Waals surface area (Å²) in [4.78, 5) is 9.46. The summed E-state index contributed by atoms with van der Waals surface area (Å²) in [5.41, 5.74) is 1.36. The van der Waals surface area contributed by atoms with E-state index in [1.54, 1.807) is 0 Å². The zero-order valence-corrected chi connectivity index (χ0v) is 12.6. The van der Waals surface area contributed by atoms with Gasteiger partial charge in [-0.2, -0.15) is 0 Å². The Labute approximate surface area is 116 Å². The molecule has 106 valence electrons. The molecular weight excluding hydrogens is 236 g/mol. The van der Waals surface area contributed by atoms with E-state index in [1.807, 2.05) is 19.3 Å². The molecule has 0 amide bonds. The van der Waals surface area contributed by atoms with E-state index in [-0.39, 0.29) is 5.54 Å².